The van der Waals surface area contributed by atoms with Crippen LogP contribution in [0.1, 0.15) is 5.56 Å². The summed E-state index contributed by atoms with van der Waals surface area (Å²) < 4.78 is 4.59. The van der Waals surface area contributed by atoms with Crippen molar-refractivity contribution in [1.29, 1.82) is 0 Å². The second-order valence-corrected chi connectivity index (χ2v) is 2.89. The zero-order valence-electron chi connectivity index (χ0n) is 7.27. The maximum Gasteiger partial charge on any atom is 0.293 e. The van der Waals surface area contributed by atoms with Crippen molar-refractivity contribution in [3.8, 4) is 0 Å². The molecule has 0 bridgehead atoms. The molecule has 0 spiro atoms. The fraction of sp³-hybridized carbons (Fsp3) is 0.100. The fourth-order valence-electron chi connectivity index (χ4n) is 1.31. The smallest absolute Gasteiger partial charge is 0.293 e. The van der Waals surface area contributed by atoms with Crippen LogP contribution in [0.25, 0.3) is 6.08 Å². The molecule has 1 aromatic carbocycles. The lowest BCUT2D eigenvalue weighted by Gasteiger charge is -1.97. The van der Waals surface area contributed by atoms with Gasteiger partial charge in [-0.2, -0.15) is 0 Å². The Bertz CT molecular complexity index is 505. The van der Waals surface area contributed by atoms with Crippen molar-refractivity contribution in [3.05, 3.63) is 34.3 Å². The molecule has 1 aliphatic rings. The molecule has 70 valence electrons. The lowest BCUT2D eigenvalue weighted by molar-refractivity contribution is -0.129. The average molecular weight is 189 g/mol. The number of fused-ring (bicyclic) bond motifs is 1. The van der Waals surface area contributed by atoms with Gasteiger partial charge in [-0.1, -0.05) is 12.1 Å². The minimum atomic E-state index is -0.242. The number of amides is 1. The Morgan fingerprint density at radius 1 is 1.43 bits per heavy atom. The van der Waals surface area contributed by atoms with Crippen LogP contribution in [0.5, 0.6) is 0 Å². The van der Waals surface area contributed by atoms with Crippen LogP contribution in [0.3, 0.4) is 0 Å². The summed E-state index contributed by atoms with van der Waals surface area (Å²) in [6, 6.07) is 5.32. The number of hydrogen-bond donors (Lipinski definition) is 0. The highest BCUT2D eigenvalue weighted by molar-refractivity contribution is 6.06. The van der Waals surface area contributed by atoms with Crippen molar-refractivity contribution in [2.24, 2.45) is 4.99 Å². The maximum absolute atomic E-state index is 10.9. The number of benzene rings is 1. The molecule has 0 fully saturated rings. The van der Waals surface area contributed by atoms with Crippen LogP contribution < -0.4 is 10.6 Å². The Balaban J connectivity index is 2.39. The molecule has 1 heterocycles. The Kier molecular flexibility index (Phi) is 2.10. The van der Waals surface area contributed by atoms with E-state index < -0.39 is 0 Å². The van der Waals surface area contributed by atoms with E-state index in [1.165, 1.54) is 6.08 Å². The van der Waals surface area contributed by atoms with Gasteiger partial charge in [0.1, 0.15) is 6.61 Å². The lowest BCUT2D eigenvalue weighted by atomic mass is 10.2. The van der Waals surface area contributed by atoms with E-state index in [9.17, 15) is 9.59 Å². The predicted octanol–water partition coefficient (Wildman–Crippen LogP) is -0.700. The zero-order valence-corrected chi connectivity index (χ0v) is 7.27. The first-order valence-corrected chi connectivity index (χ1v) is 4.08. The summed E-state index contributed by atoms with van der Waals surface area (Å²) in [4.78, 5) is 24.7. The second-order valence-electron chi connectivity index (χ2n) is 2.89. The standard InChI is InChI=1S/C10H7NO3/c12-6-14-5-7-1-2-8-4-10(13)11-9(8)3-7/h1-4,6H,5H2. The highest BCUT2D eigenvalue weighted by atomic mass is 16.5. The Morgan fingerprint density at radius 3 is 3.07 bits per heavy atom. The average Bonchev–Trinajstić information content (AvgIpc) is 2.54. The third-order valence-electron chi connectivity index (χ3n) is 1.92. The van der Waals surface area contributed by atoms with E-state index in [0.29, 0.717) is 11.8 Å². The topological polar surface area (TPSA) is 55.7 Å². The van der Waals surface area contributed by atoms with Gasteiger partial charge < -0.3 is 4.74 Å². The van der Waals surface area contributed by atoms with Crippen LogP contribution in [0.2, 0.25) is 0 Å². The van der Waals surface area contributed by atoms with E-state index in [2.05, 4.69) is 9.73 Å². The number of rotatable bonds is 3. The molecule has 2 rings (SSSR count). The van der Waals surface area contributed by atoms with Gasteiger partial charge >= 0.3 is 0 Å². The molecule has 0 radical (unpaired) electrons. The summed E-state index contributed by atoms with van der Waals surface area (Å²) >= 11 is 0. The number of carbonyl (C=O) groups is 2. The molecule has 14 heavy (non-hydrogen) atoms. The number of ether oxygens (including phenoxy) is 1. The molecule has 0 saturated heterocycles. The van der Waals surface area contributed by atoms with Crippen molar-refractivity contribution in [2.75, 3.05) is 0 Å². The first-order valence-electron chi connectivity index (χ1n) is 4.08. The first kappa shape index (κ1) is 8.62. The van der Waals surface area contributed by atoms with Gasteiger partial charge in [-0.15, -0.1) is 0 Å². The van der Waals surface area contributed by atoms with Crippen LogP contribution in [0.4, 0.5) is 0 Å². The van der Waals surface area contributed by atoms with E-state index in [1.54, 1.807) is 18.2 Å². The molecule has 1 amide bonds. The summed E-state index contributed by atoms with van der Waals surface area (Å²) in [7, 11) is 0. The van der Waals surface area contributed by atoms with Crippen LogP contribution >= 0.6 is 0 Å². The maximum atomic E-state index is 10.9. The highest BCUT2D eigenvalue weighted by Gasteiger charge is 2.03. The van der Waals surface area contributed by atoms with Gasteiger partial charge in [-0.3, -0.25) is 9.59 Å². The molecule has 1 aliphatic heterocycles. The van der Waals surface area contributed by atoms with Gasteiger partial charge in [-0.25, -0.2) is 4.99 Å². The molecule has 0 aromatic heterocycles. The quantitative estimate of drug-likeness (QED) is 0.591. The summed E-state index contributed by atoms with van der Waals surface area (Å²) in [6.07, 6.45) is 1.47. The van der Waals surface area contributed by atoms with Crippen molar-refractivity contribution in [3.63, 3.8) is 0 Å². The van der Waals surface area contributed by atoms with Gasteiger partial charge in [0.2, 0.25) is 0 Å². The van der Waals surface area contributed by atoms with Crippen molar-refractivity contribution < 1.29 is 14.3 Å². The van der Waals surface area contributed by atoms with Gasteiger partial charge in [0.15, 0.2) is 0 Å². The Morgan fingerprint density at radius 2 is 2.29 bits per heavy atom. The van der Waals surface area contributed by atoms with Crippen molar-refractivity contribution >= 4 is 18.5 Å². The Hall–Kier alpha value is -1.97. The van der Waals surface area contributed by atoms with Gasteiger partial charge in [0.25, 0.3) is 12.4 Å². The third-order valence-corrected chi connectivity index (χ3v) is 1.92. The molecular formula is C10H7NO3. The summed E-state index contributed by atoms with van der Waals surface area (Å²) in [5.74, 6) is -0.242. The fourth-order valence-corrected chi connectivity index (χ4v) is 1.31. The molecule has 0 unspecified atom stereocenters. The minimum absolute atomic E-state index is 0.209. The molecule has 4 nitrogen and oxygen atoms in total. The molecule has 0 aliphatic carbocycles. The van der Waals surface area contributed by atoms with Crippen LogP contribution in [-0.2, 0) is 20.9 Å². The monoisotopic (exact) mass is 189 g/mol. The summed E-state index contributed by atoms with van der Waals surface area (Å²) in [5, 5.41) is 1.45. The number of nitrogens with zero attached hydrogens (tertiary/aromatic N) is 1. The largest absolute Gasteiger partial charge is 0.463 e. The van der Waals surface area contributed by atoms with Crippen LogP contribution in [0.15, 0.2) is 23.2 Å². The van der Waals surface area contributed by atoms with E-state index in [1.807, 2.05) is 0 Å². The zero-order chi connectivity index (χ0) is 9.97. The number of hydrogen-bond acceptors (Lipinski definition) is 3. The normalized spacial score (nSPS) is 12.7. The second kappa shape index (κ2) is 3.41. The molecule has 0 N–H and O–H groups in total. The van der Waals surface area contributed by atoms with E-state index in [-0.39, 0.29) is 12.5 Å². The van der Waals surface area contributed by atoms with Gasteiger partial charge in [0, 0.05) is 11.3 Å². The van der Waals surface area contributed by atoms with Crippen LogP contribution in [0, 0.1) is 0 Å². The SMILES string of the molecule is O=COCc1ccc2c(c1)=NC(=O)C=2. The molecule has 1 aromatic rings. The Labute approximate surface area is 79.5 Å². The summed E-state index contributed by atoms with van der Waals surface area (Å²) in [5.41, 5.74) is 0.822. The van der Waals surface area contributed by atoms with Gasteiger partial charge in [0.05, 0.1) is 5.36 Å². The third kappa shape index (κ3) is 1.54. The van der Waals surface area contributed by atoms with Crippen molar-refractivity contribution in [1.82, 2.24) is 0 Å². The first-order chi connectivity index (χ1) is 6.79. The van der Waals surface area contributed by atoms with Crippen molar-refractivity contribution in [2.45, 2.75) is 6.61 Å². The van der Waals surface area contributed by atoms with E-state index >= 15 is 0 Å². The number of carbonyl (C=O) groups excluding carboxylic acids is 2. The molecule has 0 saturated carbocycles. The molecule has 0 atom stereocenters. The minimum Gasteiger partial charge on any atom is -0.463 e. The van der Waals surface area contributed by atoms with Crippen LogP contribution in [-0.4, -0.2) is 12.4 Å². The molecule has 4 heteroatoms. The van der Waals surface area contributed by atoms with Gasteiger partial charge in [-0.05, 0) is 11.6 Å². The lowest BCUT2D eigenvalue weighted by Crippen LogP contribution is -2.21. The predicted molar refractivity (Wildman–Crippen MR) is 47.5 cm³/mol. The summed E-state index contributed by atoms with van der Waals surface area (Å²) in [6.45, 7) is 0.599. The molecular weight excluding hydrogens is 182 g/mol. The van der Waals surface area contributed by atoms with E-state index in [4.69, 9.17) is 0 Å². The van der Waals surface area contributed by atoms with E-state index in [0.717, 1.165) is 10.8 Å². The highest BCUT2D eigenvalue weighted by Crippen LogP contribution is 1.95.